The minimum absolute atomic E-state index is 0.328. The van der Waals surface area contributed by atoms with Gasteiger partial charge in [0.1, 0.15) is 5.75 Å². The van der Waals surface area contributed by atoms with Crippen LogP contribution in [0.1, 0.15) is 90.5 Å². The van der Waals surface area contributed by atoms with E-state index in [9.17, 15) is 4.57 Å². The van der Waals surface area contributed by atoms with Gasteiger partial charge in [-0.15, -0.1) is 0 Å². The Morgan fingerprint density at radius 1 is 0.920 bits per heavy atom. The van der Waals surface area contributed by atoms with Crippen LogP contribution in [0.25, 0.3) is 0 Å². The van der Waals surface area contributed by atoms with Crippen LogP contribution < -0.4 is 4.52 Å². The Morgan fingerprint density at radius 2 is 1.56 bits per heavy atom. The average Bonchev–Trinajstić information content (AvgIpc) is 2.59. The second kappa shape index (κ2) is 12.5. The molecular weight excluding hydrogens is 331 g/mol. The molecule has 0 N–H and O–H groups in total. The normalized spacial score (nSPS) is 13.8. The third kappa shape index (κ3) is 8.92. The molecule has 1 atom stereocenters. The van der Waals surface area contributed by atoms with Crippen molar-refractivity contribution in [2.75, 3.05) is 12.8 Å². The summed E-state index contributed by atoms with van der Waals surface area (Å²) in [6.45, 7) is 9.09. The van der Waals surface area contributed by atoms with Crippen LogP contribution in [0.2, 0.25) is 0 Å². The molecule has 3 nitrogen and oxygen atoms in total. The molecule has 0 bridgehead atoms. The lowest BCUT2D eigenvalue weighted by molar-refractivity contribution is 0.256. The topological polar surface area (TPSA) is 35.5 Å². The Labute approximate surface area is 155 Å². The molecule has 0 radical (unpaired) electrons. The van der Waals surface area contributed by atoms with E-state index in [-0.39, 0.29) is 0 Å². The van der Waals surface area contributed by atoms with Crippen molar-refractivity contribution in [1.82, 2.24) is 0 Å². The third-order valence-corrected chi connectivity index (χ3v) is 6.26. The van der Waals surface area contributed by atoms with Gasteiger partial charge in [-0.3, -0.25) is 4.52 Å². The standard InChI is InChI=1S/C21H37O3P/c1-5-7-9-10-11-14-17-23-25(22,18-8-6-2)24-21-16-13-12-15-20(21)19(3)4/h12-13,15-16,19H,5-11,14,17-18H2,1-4H3. The van der Waals surface area contributed by atoms with Gasteiger partial charge < -0.3 is 4.52 Å². The monoisotopic (exact) mass is 368 g/mol. The van der Waals surface area contributed by atoms with E-state index in [4.69, 9.17) is 9.05 Å². The summed E-state index contributed by atoms with van der Waals surface area (Å²) < 4.78 is 25.0. The molecule has 0 amide bonds. The van der Waals surface area contributed by atoms with E-state index in [0.717, 1.165) is 31.2 Å². The maximum absolute atomic E-state index is 13.2. The predicted molar refractivity (Wildman–Crippen MR) is 108 cm³/mol. The highest BCUT2D eigenvalue weighted by Gasteiger charge is 2.26. The van der Waals surface area contributed by atoms with Crippen LogP contribution in [0, 0.1) is 0 Å². The number of rotatable bonds is 14. The highest BCUT2D eigenvalue weighted by Crippen LogP contribution is 2.50. The summed E-state index contributed by atoms with van der Waals surface area (Å²) in [5, 5.41) is 0. The summed E-state index contributed by atoms with van der Waals surface area (Å²) in [4.78, 5) is 0. The van der Waals surface area contributed by atoms with Gasteiger partial charge in [0.2, 0.25) is 0 Å². The predicted octanol–water partition coefficient (Wildman–Crippen LogP) is 7.56. The van der Waals surface area contributed by atoms with Gasteiger partial charge in [-0.2, -0.15) is 0 Å². The fourth-order valence-corrected chi connectivity index (χ4v) is 4.61. The molecule has 0 fully saturated rings. The van der Waals surface area contributed by atoms with Gasteiger partial charge in [0.25, 0.3) is 0 Å². The summed E-state index contributed by atoms with van der Waals surface area (Å²) >= 11 is 0. The molecule has 0 saturated heterocycles. The molecule has 144 valence electrons. The van der Waals surface area contributed by atoms with Gasteiger partial charge in [0, 0.05) is 0 Å². The van der Waals surface area contributed by atoms with Crippen LogP contribution in [0.3, 0.4) is 0 Å². The van der Waals surface area contributed by atoms with Crippen molar-refractivity contribution in [3.8, 4) is 5.75 Å². The first kappa shape index (κ1) is 22.3. The Bertz CT molecular complexity index is 514. The molecule has 1 aromatic carbocycles. The zero-order chi connectivity index (χ0) is 18.5. The third-order valence-electron chi connectivity index (χ3n) is 4.35. The smallest absolute Gasteiger partial charge is 0.379 e. The Kier molecular flexibility index (Phi) is 11.2. The molecule has 1 rings (SSSR count). The second-order valence-electron chi connectivity index (χ2n) is 7.07. The lowest BCUT2D eigenvalue weighted by atomic mass is 10.0. The summed E-state index contributed by atoms with van der Waals surface area (Å²) in [5.41, 5.74) is 1.09. The fourth-order valence-electron chi connectivity index (χ4n) is 2.76. The highest BCUT2D eigenvalue weighted by molar-refractivity contribution is 7.54. The second-order valence-corrected chi connectivity index (χ2v) is 9.18. The van der Waals surface area contributed by atoms with E-state index in [1.54, 1.807) is 0 Å². The largest absolute Gasteiger partial charge is 0.424 e. The molecule has 25 heavy (non-hydrogen) atoms. The molecule has 0 saturated carbocycles. The van der Waals surface area contributed by atoms with E-state index in [0.29, 0.717) is 24.4 Å². The van der Waals surface area contributed by atoms with Crippen LogP contribution in [-0.2, 0) is 9.09 Å². The molecule has 4 heteroatoms. The van der Waals surface area contributed by atoms with Crippen LogP contribution in [-0.4, -0.2) is 12.8 Å². The van der Waals surface area contributed by atoms with Gasteiger partial charge in [-0.25, -0.2) is 4.57 Å². The summed E-state index contributed by atoms with van der Waals surface area (Å²) in [5.74, 6) is 1.04. The van der Waals surface area contributed by atoms with Crippen LogP contribution >= 0.6 is 7.60 Å². The van der Waals surface area contributed by atoms with Gasteiger partial charge in [0.15, 0.2) is 0 Å². The molecule has 0 aliphatic heterocycles. The zero-order valence-electron chi connectivity index (χ0n) is 16.6. The first-order valence-electron chi connectivity index (χ1n) is 10.0. The molecule has 0 spiro atoms. The van der Waals surface area contributed by atoms with E-state index in [1.807, 2.05) is 24.3 Å². The maximum Gasteiger partial charge on any atom is 0.379 e. The molecule has 0 heterocycles. The van der Waals surface area contributed by atoms with E-state index < -0.39 is 7.60 Å². The maximum atomic E-state index is 13.2. The minimum atomic E-state index is -3.09. The van der Waals surface area contributed by atoms with Crippen molar-refractivity contribution in [2.45, 2.75) is 85.0 Å². The van der Waals surface area contributed by atoms with Crippen molar-refractivity contribution in [3.63, 3.8) is 0 Å². The molecule has 1 aromatic rings. The van der Waals surface area contributed by atoms with Crippen molar-refractivity contribution in [3.05, 3.63) is 29.8 Å². The average molecular weight is 368 g/mol. The number of hydrogen-bond donors (Lipinski definition) is 0. The summed E-state index contributed by atoms with van der Waals surface area (Å²) in [7, 11) is -3.09. The van der Waals surface area contributed by atoms with Crippen LogP contribution in [0.4, 0.5) is 0 Å². The van der Waals surface area contributed by atoms with Crippen LogP contribution in [0.15, 0.2) is 24.3 Å². The Morgan fingerprint density at radius 3 is 2.24 bits per heavy atom. The quantitative estimate of drug-likeness (QED) is 0.251. The molecule has 0 aliphatic rings. The Balaban J connectivity index is 2.61. The van der Waals surface area contributed by atoms with Gasteiger partial charge in [-0.05, 0) is 30.4 Å². The van der Waals surface area contributed by atoms with Gasteiger partial charge in [0.05, 0.1) is 12.8 Å². The SMILES string of the molecule is CCCCCCCCOP(=O)(CCCC)Oc1ccccc1C(C)C. The molecule has 0 aromatic heterocycles. The van der Waals surface area contributed by atoms with E-state index in [2.05, 4.69) is 27.7 Å². The van der Waals surface area contributed by atoms with Crippen LogP contribution in [0.5, 0.6) is 5.75 Å². The summed E-state index contributed by atoms with van der Waals surface area (Å²) in [6.07, 6.45) is 9.49. The van der Waals surface area contributed by atoms with Crippen molar-refractivity contribution >= 4 is 7.60 Å². The molecular formula is C21H37O3P. The van der Waals surface area contributed by atoms with Crippen molar-refractivity contribution in [2.24, 2.45) is 0 Å². The lowest BCUT2D eigenvalue weighted by Gasteiger charge is -2.22. The number of unbranched alkanes of at least 4 members (excludes halogenated alkanes) is 6. The highest BCUT2D eigenvalue weighted by atomic mass is 31.2. The number of hydrogen-bond acceptors (Lipinski definition) is 3. The molecule has 0 aliphatic carbocycles. The van der Waals surface area contributed by atoms with E-state index in [1.165, 1.54) is 25.7 Å². The number of benzene rings is 1. The van der Waals surface area contributed by atoms with Gasteiger partial charge >= 0.3 is 7.60 Å². The fraction of sp³-hybridized carbons (Fsp3) is 0.714. The lowest BCUT2D eigenvalue weighted by Crippen LogP contribution is -2.06. The van der Waals surface area contributed by atoms with Crippen molar-refractivity contribution < 1.29 is 13.6 Å². The summed E-state index contributed by atoms with van der Waals surface area (Å²) in [6, 6.07) is 7.87. The van der Waals surface area contributed by atoms with E-state index >= 15 is 0 Å². The minimum Gasteiger partial charge on any atom is -0.424 e. The van der Waals surface area contributed by atoms with Gasteiger partial charge in [-0.1, -0.05) is 84.4 Å². The first-order valence-corrected chi connectivity index (χ1v) is 11.8. The van der Waals surface area contributed by atoms with Crippen molar-refractivity contribution in [1.29, 1.82) is 0 Å². The first-order chi connectivity index (χ1) is 12.0. The Hall–Kier alpha value is -0.790. The zero-order valence-corrected chi connectivity index (χ0v) is 17.5. The molecule has 1 unspecified atom stereocenters. The number of para-hydroxylation sites is 1.